The van der Waals surface area contributed by atoms with Crippen LogP contribution in [0, 0.1) is 0 Å². The summed E-state index contributed by atoms with van der Waals surface area (Å²) in [5.74, 6) is 0. The Labute approximate surface area is 56.6 Å². The maximum atomic E-state index is 8.26. The highest BCUT2D eigenvalue weighted by Crippen LogP contribution is 1.88. The number of hydrogen-bond acceptors (Lipinski definition) is 6. The highest BCUT2D eigenvalue weighted by molar-refractivity contribution is 5.95. The molecule has 0 fully saturated rings. The van der Waals surface area contributed by atoms with Gasteiger partial charge in [0, 0.05) is 0 Å². The van der Waals surface area contributed by atoms with E-state index >= 15 is 0 Å². The largest absolute Gasteiger partial charge is 0.411 e. The Bertz CT molecular complexity index is 233. The van der Waals surface area contributed by atoms with Crippen molar-refractivity contribution >= 4 is 5.71 Å². The summed E-state index contributed by atoms with van der Waals surface area (Å²) in [6.45, 7) is 1.59. The van der Waals surface area contributed by atoms with Crippen molar-refractivity contribution in [3.63, 3.8) is 0 Å². The van der Waals surface area contributed by atoms with Crippen LogP contribution in [0.1, 0.15) is 12.6 Å². The highest BCUT2D eigenvalue weighted by atomic mass is 16.4. The summed E-state index contributed by atoms with van der Waals surface area (Å²) in [7, 11) is 0. The molecule has 1 rings (SSSR count). The molecule has 52 valence electrons. The maximum Gasteiger partial charge on any atom is 0.132 e. The Morgan fingerprint density at radius 2 is 2.40 bits per heavy atom. The smallest absolute Gasteiger partial charge is 0.132 e. The van der Waals surface area contributed by atoms with E-state index in [9.17, 15) is 0 Å². The summed E-state index contributed by atoms with van der Waals surface area (Å²) in [5.41, 5.74) is 0.778. The van der Waals surface area contributed by atoms with Crippen LogP contribution < -0.4 is 0 Å². The predicted molar refractivity (Wildman–Crippen MR) is 31.6 cm³/mol. The molecule has 1 aromatic rings. The Balaban J connectivity index is 2.96. The summed E-state index contributed by atoms with van der Waals surface area (Å²) in [6.07, 6.45) is 1.36. The molecule has 0 amide bonds. The molecule has 0 saturated heterocycles. The lowest BCUT2D eigenvalue weighted by Crippen LogP contribution is -2.02. The third kappa shape index (κ3) is 1.22. The van der Waals surface area contributed by atoms with Crippen LogP contribution in [0.2, 0.25) is 0 Å². The first-order valence-corrected chi connectivity index (χ1v) is 2.54. The molecule has 6 heteroatoms. The van der Waals surface area contributed by atoms with Gasteiger partial charge < -0.3 is 5.21 Å². The van der Waals surface area contributed by atoms with Crippen molar-refractivity contribution in [2.45, 2.75) is 6.92 Å². The number of rotatable bonds is 1. The molecular formula is C4H5N5O. The average Bonchev–Trinajstić information content (AvgIpc) is 2.05. The van der Waals surface area contributed by atoms with Crippen LogP contribution >= 0.6 is 0 Å². The summed E-state index contributed by atoms with van der Waals surface area (Å²) in [5, 5.41) is 24.6. The van der Waals surface area contributed by atoms with Crippen LogP contribution in [0.4, 0.5) is 0 Å². The van der Waals surface area contributed by atoms with Gasteiger partial charge in [-0.05, 0) is 17.4 Å². The van der Waals surface area contributed by atoms with Crippen LogP contribution in [0.5, 0.6) is 0 Å². The van der Waals surface area contributed by atoms with Crippen molar-refractivity contribution in [1.82, 2.24) is 20.6 Å². The number of hydrogen-bond donors (Lipinski definition) is 1. The molecule has 6 nitrogen and oxygen atoms in total. The number of oxime groups is 1. The molecule has 0 aliphatic carbocycles. The van der Waals surface area contributed by atoms with Gasteiger partial charge in [-0.3, -0.25) is 0 Å². The van der Waals surface area contributed by atoms with E-state index in [1.165, 1.54) is 6.20 Å². The Morgan fingerprint density at radius 3 is 2.90 bits per heavy atom. The van der Waals surface area contributed by atoms with Gasteiger partial charge in [-0.15, -0.1) is 10.2 Å². The standard InChI is InChI=1S/C4H5N5O/c1-3(7-10)4-2-5-8-9-6-4/h2,10H,1H3. The van der Waals surface area contributed by atoms with Crippen molar-refractivity contribution in [3.8, 4) is 0 Å². The van der Waals surface area contributed by atoms with E-state index in [4.69, 9.17) is 5.21 Å². The van der Waals surface area contributed by atoms with Gasteiger partial charge in [0.05, 0.1) is 6.20 Å². The molecule has 0 unspecified atom stereocenters. The van der Waals surface area contributed by atoms with Crippen molar-refractivity contribution in [3.05, 3.63) is 11.9 Å². The van der Waals surface area contributed by atoms with E-state index in [-0.39, 0.29) is 0 Å². The lowest BCUT2D eigenvalue weighted by Gasteiger charge is -1.89. The van der Waals surface area contributed by atoms with Crippen molar-refractivity contribution in [2.75, 3.05) is 0 Å². The fourth-order valence-electron chi connectivity index (χ4n) is 0.415. The van der Waals surface area contributed by atoms with Gasteiger partial charge in [-0.25, -0.2) is 0 Å². The molecule has 0 aliphatic rings. The monoisotopic (exact) mass is 139 g/mol. The van der Waals surface area contributed by atoms with Gasteiger partial charge in [0.25, 0.3) is 0 Å². The van der Waals surface area contributed by atoms with E-state index in [0.717, 1.165) is 0 Å². The summed E-state index contributed by atoms with van der Waals surface area (Å²) < 4.78 is 0. The molecule has 1 aromatic heterocycles. The Morgan fingerprint density at radius 1 is 1.60 bits per heavy atom. The van der Waals surface area contributed by atoms with E-state index < -0.39 is 0 Å². The second-order valence-corrected chi connectivity index (χ2v) is 1.59. The molecule has 0 spiro atoms. The molecule has 0 saturated carbocycles. The van der Waals surface area contributed by atoms with Gasteiger partial charge in [0.1, 0.15) is 11.4 Å². The van der Waals surface area contributed by atoms with Crippen LogP contribution in [0.3, 0.4) is 0 Å². The fraction of sp³-hybridized carbons (Fsp3) is 0.250. The third-order valence-corrected chi connectivity index (χ3v) is 0.945. The summed E-state index contributed by atoms with van der Waals surface area (Å²) in [4.78, 5) is 0. The molecule has 0 atom stereocenters. The molecule has 0 aromatic carbocycles. The zero-order valence-corrected chi connectivity index (χ0v) is 5.26. The van der Waals surface area contributed by atoms with Crippen molar-refractivity contribution in [1.29, 1.82) is 0 Å². The zero-order chi connectivity index (χ0) is 7.40. The molecule has 0 radical (unpaired) electrons. The second-order valence-electron chi connectivity index (χ2n) is 1.59. The number of aromatic nitrogens is 4. The molecule has 1 N–H and O–H groups in total. The van der Waals surface area contributed by atoms with Crippen molar-refractivity contribution < 1.29 is 5.21 Å². The molecule has 0 bridgehead atoms. The second kappa shape index (κ2) is 2.81. The van der Waals surface area contributed by atoms with Crippen LogP contribution in [0.25, 0.3) is 0 Å². The first-order valence-electron chi connectivity index (χ1n) is 2.54. The Hall–Kier alpha value is -1.59. The van der Waals surface area contributed by atoms with Crippen molar-refractivity contribution in [2.24, 2.45) is 5.16 Å². The normalized spacial score (nSPS) is 11.5. The molecule has 1 heterocycles. The van der Waals surface area contributed by atoms with E-state index in [1.807, 2.05) is 0 Å². The molecule has 0 aliphatic heterocycles. The third-order valence-electron chi connectivity index (χ3n) is 0.945. The topological polar surface area (TPSA) is 84.2 Å². The van der Waals surface area contributed by atoms with Crippen LogP contribution in [-0.2, 0) is 0 Å². The first-order chi connectivity index (χ1) is 4.84. The van der Waals surface area contributed by atoms with E-state index in [2.05, 4.69) is 25.8 Å². The predicted octanol–water partition coefficient (Wildman–Crippen LogP) is -0.535. The van der Waals surface area contributed by atoms with Gasteiger partial charge in [0.15, 0.2) is 0 Å². The first kappa shape index (κ1) is 6.53. The minimum atomic E-state index is 0.363. The summed E-state index contributed by atoms with van der Waals surface area (Å²) in [6, 6.07) is 0. The van der Waals surface area contributed by atoms with Crippen LogP contribution in [-0.4, -0.2) is 31.5 Å². The average molecular weight is 139 g/mol. The zero-order valence-electron chi connectivity index (χ0n) is 5.26. The molecule has 10 heavy (non-hydrogen) atoms. The van der Waals surface area contributed by atoms with Gasteiger partial charge in [-0.1, -0.05) is 5.16 Å². The SMILES string of the molecule is CC(=NO)c1cnnnn1. The molecular weight excluding hydrogens is 134 g/mol. The van der Waals surface area contributed by atoms with E-state index in [0.29, 0.717) is 11.4 Å². The lowest BCUT2D eigenvalue weighted by atomic mass is 10.3. The minimum absolute atomic E-state index is 0.363. The Kier molecular flexibility index (Phi) is 1.83. The lowest BCUT2D eigenvalue weighted by molar-refractivity contribution is 0.319. The maximum absolute atomic E-state index is 8.26. The van der Waals surface area contributed by atoms with Gasteiger partial charge >= 0.3 is 0 Å². The highest BCUT2D eigenvalue weighted by Gasteiger charge is 1.97. The van der Waals surface area contributed by atoms with Gasteiger partial charge in [-0.2, -0.15) is 0 Å². The van der Waals surface area contributed by atoms with Crippen LogP contribution in [0.15, 0.2) is 11.4 Å². The van der Waals surface area contributed by atoms with Gasteiger partial charge in [0.2, 0.25) is 0 Å². The quantitative estimate of drug-likeness (QED) is 0.321. The minimum Gasteiger partial charge on any atom is -0.411 e. The summed E-state index contributed by atoms with van der Waals surface area (Å²) >= 11 is 0. The van der Waals surface area contributed by atoms with E-state index in [1.54, 1.807) is 6.92 Å². The fourth-order valence-corrected chi connectivity index (χ4v) is 0.415. The number of nitrogens with zero attached hydrogens (tertiary/aromatic N) is 5.